The zero-order valence-electron chi connectivity index (χ0n) is 13.8. The summed E-state index contributed by atoms with van der Waals surface area (Å²) in [5.41, 5.74) is 0.273. The van der Waals surface area contributed by atoms with Crippen LogP contribution in [0.1, 0.15) is 49.4 Å². The first-order chi connectivity index (χ1) is 11.5. The molecule has 0 aliphatic heterocycles. The third-order valence-electron chi connectivity index (χ3n) is 4.44. The minimum atomic E-state index is -0.516. The van der Waals surface area contributed by atoms with Gasteiger partial charge in [-0.1, -0.05) is 19.8 Å². The van der Waals surface area contributed by atoms with E-state index >= 15 is 0 Å². The van der Waals surface area contributed by atoms with Gasteiger partial charge < -0.3 is 10.6 Å². The van der Waals surface area contributed by atoms with Crippen molar-refractivity contribution in [3.8, 4) is 0 Å². The van der Waals surface area contributed by atoms with Crippen molar-refractivity contribution in [2.24, 2.45) is 5.92 Å². The Morgan fingerprint density at radius 1 is 1.21 bits per heavy atom. The van der Waals surface area contributed by atoms with E-state index in [1.54, 1.807) is 0 Å². The van der Waals surface area contributed by atoms with Gasteiger partial charge in [0.25, 0.3) is 11.6 Å². The van der Waals surface area contributed by atoms with Crippen molar-refractivity contribution in [3.05, 3.63) is 39.9 Å². The van der Waals surface area contributed by atoms with Gasteiger partial charge in [0.05, 0.1) is 4.92 Å². The van der Waals surface area contributed by atoms with Gasteiger partial charge in [0.1, 0.15) is 0 Å². The number of rotatable bonds is 6. The molecule has 1 aliphatic carbocycles. The molecule has 2 N–H and O–H groups in total. The number of hydrogen-bond donors (Lipinski definition) is 2. The van der Waals surface area contributed by atoms with E-state index in [0.29, 0.717) is 11.5 Å². The lowest BCUT2D eigenvalue weighted by Gasteiger charge is -2.29. The molecule has 24 heavy (non-hydrogen) atoms. The molecule has 1 aliphatic rings. The highest BCUT2D eigenvalue weighted by molar-refractivity contribution is 5.94. The Morgan fingerprint density at radius 3 is 2.50 bits per heavy atom. The number of carbonyl (C=O) groups excluding carboxylic acids is 2. The topological polar surface area (TPSA) is 101 Å². The van der Waals surface area contributed by atoms with Crippen molar-refractivity contribution in [1.29, 1.82) is 0 Å². The predicted molar refractivity (Wildman–Crippen MR) is 89.6 cm³/mol. The Balaban J connectivity index is 1.73. The number of non-ortho nitro benzene ring substituents is 1. The Labute approximate surface area is 141 Å². The van der Waals surface area contributed by atoms with Crippen LogP contribution in [0.5, 0.6) is 0 Å². The molecule has 2 rings (SSSR count). The summed E-state index contributed by atoms with van der Waals surface area (Å²) < 4.78 is 0. The quantitative estimate of drug-likeness (QED) is 0.616. The predicted octanol–water partition coefficient (Wildman–Crippen LogP) is 2.41. The average molecular weight is 333 g/mol. The first-order valence-corrected chi connectivity index (χ1v) is 8.29. The lowest BCUT2D eigenvalue weighted by Crippen LogP contribution is -2.42. The largest absolute Gasteiger partial charge is 0.353 e. The summed E-state index contributed by atoms with van der Waals surface area (Å²) in [6, 6.07) is 5.60. The van der Waals surface area contributed by atoms with Gasteiger partial charge in [0.2, 0.25) is 5.91 Å². The summed E-state index contributed by atoms with van der Waals surface area (Å²) in [6.07, 6.45) is 4.75. The molecule has 1 aromatic rings. The number of amides is 2. The molecule has 0 bridgehead atoms. The van der Waals surface area contributed by atoms with Gasteiger partial charge >= 0.3 is 0 Å². The second-order valence-electron chi connectivity index (χ2n) is 6.25. The van der Waals surface area contributed by atoms with Crippen LogP contribution in [0, 0.1) is 16.0 Å². The second-order valence-corrected chi connectivity index (χ2v) is 6.25. The monoisotopic (exact) mass is 333 g/mol. The fraction of sp³-hybridized carbons (Fsp3) is 0.529. The lowest BCUT2D eigenvalue weighted by molar-refractivity contribution is -0.384. The van der Waals surface area contributed by atoms with Crippen molar-refractivity contribution in [2.45, 2.75) is 45.1 Å². The first-order valence-electron chi connectivity index (χ1n) is 8.29. The summed E-state index contributed by atoms with van der Waals surface area (Å²) in [4.78, 5) is 34.0. The minimum Gasteiger partial charge on any atom is -0.353 e. The Morgan fingerprint density at radius 2 is 1.88 bits per heavy atom. The summed E-state index contributed by atoms with van der Waals surface area (Å²) in [5.74, 6) is 0.0962. The highest BCUT2D eigenvalue weighted by Crippen LogP contribution is 2.23. The van der Waals surface area contributed by atoms with Crippen molar-refractivity contribution < 1.29 is 14.5 Å². The van der Waals surface area contributed by atoms with Gasteiger partial charge in [-0.2, -0.15) is 0 Å². The second kappa shape index (κ2) is 8.42. The zero-order chi connectivity index (χ0) is 17.5. The van der Waals surface area contributed by atoms with E-state index in [1.807, 2.05) is 0 Å². The molecular formula is C17H23N3O4. The van der Waals surface area contributed by atoms with Gasteiger partial charge in [-0.25, -0.2) is 0 Å². The summed E-state index contributed by atoms with van der Waals surface area (Å²) in [5, 5.41) is 16.3. The minimum absolute atomic E-state index is 0.0576. The van der Waals surface area contributed by atoms with Gasteiger partial charge in [0.15, 0.2) is 0 Å². The molecule has 0 spiro atoms. The number of carbonyl (C=O) groups is 2. The van der Waals surface area contributed by atoms with Gasteiger partial charge in [-0.15, -0.1) is 0 Å². The van der Waals surface area contributed by atoms with Crippen molar-refractivity contribution >= 4 is 17.5 Å². The van der Waals surface area contributed by atoms with Gasteiger partial charge in [-0.05, 0) is 30.9 Å². The van der Waals surface area contributed by atoms with Crippen LogP contribution in [0.2, 0.25) is 0 Å². The third-order valence-corrected chi connectivity index (χ3v) is 4.44. The van der Waals surface area contributed by atoms with Crippen LogP contribution in [0.4, 0.5) is 5.69 Å². The third kappa shape index (κ3) is 5.04. The van der Waals surface area contributed by atoms with Crippen molar-refractivity contribution in [3.63, 3.8) is 0 Å². The van der Waals surface area contributed by atoms with Crippen molar-refractivity contribution in [2.75, 3.05) is 6.54 Å². The smallest absolute Gasteiger partial charge is 0.269 e. The molecule has 0 radical (unpaired) electrons. The molecule has 1 aromatic carbocycles. The number of nitrogens with zero attached hydrogens (tertiary/aromatic N) is 1. The molecule has 0 saturated heterocycles. The molecule has 1 saturated carbocycles. The summed E-state index contributed by atoms with van der Waals surface area (Å²) in [7, 11) is 0. The molecule has 2 unspecified atom stereocenters. The number of hydrogen-bond acceptors (Lipinski definition) is 4. The standard InChI is InChI=1S/C17H23N3O4/c1-12-4-2-3-5-15(12)19-16(21)10-11-18-17(22)13-6-8-14(9-7-13)20(23)24/h6-9,12,15H,2-5,10-11H2,1H3,(H,18,22)(H,19,21). The van der Waals surface area contributed by atoms with Crippen LogP contribution in [0.3, 0.4) is 0 Å². The molecule has 1 fully saturated rings. The Kier molecular flexibility index (Phi) is 6.28. The van der Waals surface area contributed by atoms with Crippen LogP contribution < -0.4 is 10.6 Å². The zero-order valence-corrected chi connectivity index (χ0v) is 13.8. The van der Waals surface area contributed by atoms with Crippen LogP contribution in [-0.4, -0.2) is 29.3 Å². The summed E-state index contributed by atoms with van der Waals surface area (Å²) in [6.45, 7) is 2.39. The highest BCUT2D eigenvalue weighted by Gasteiger charge is 2.22. The van der Waals surface area contributed by atoms with Crippen LogP contribution in [0.25, 0.3) is 0 Å². The summed E-state index contributed by atoms with van der Waals surface area (Å²) >= 11 is 0. The molecule has 0 heterocycles. The molecule has 7 heteroatoms. The number of nitro groups is 1. The number of nitrogens with one attached hydrogen (secondary N) is 2. The Bertz CT molecular complexity index is 600. The average Bonchev–Trinajstić information content (AvgIpc) is 2.57. The van der Waals surface area contributed by atoms with Crippen LogP contribution >= 0.6 is 0 Å². The van der Waals surface area contributed by atoms with E-state index in [-0.39, 0.29) is 36.5 Å². The fourth-order valence-electron chi connectivity index (χ4n) is 2.94. The van der Waals surface area contributed by atoms with Gasteiger partial charge in [-0.3, -0.25) is 19.7 Å². The fourth-order valence-corrected chi connectivity index (χ4v) is 2.94. The molecule has 7 nitrogen and oxygen atoms in total. The van der Waals surface area contributed by atoms with E-state index < -0.39 is 4.92 Å². The van der Waals surface area contributed by atoms with E-state index in [9.17, 15) is 19.7 Å². The maximum Gasteiger partial charge on any atom is 0.269 e. The van der Waals surface area contributed by atoms with Crippen molar-refractivity contribution in [1.82, 2.24) is 10.6 Å². The van der Waals surface area contributed by atoms with Gasteiger partial charge in [0, 0.05) is 36.7 Å². The van der Waals surface area contributed by atoms with E-state index in [4.69, 9.17) is 0 Å². The maximum absolute atomic E-state index is 12.0. The van der Waals surface area contributed by atoms with E-state index in [1.165, 1.54) is 30.7 Å². The number of nitro benzene ring substituents is 1. The first kappa shape index (κ1) is 17.9. The maximum atomic E-state index is 12.0. The van der Waals surface area contributed by atoms with Crippen LogP contribution in [-0.2, 0) is 4.79 Å². The van der Waals surface area contributed by atoms with Crippen LogP contribution in [0.15, 0.2) is 24.3 Å². The van der Waals surface area contributed by atoms with E-state index in [2.05, 4.69) is 17.6 Å². The lowest BCUT2D eigenvalue weighted by atomic mass is 9.86. The molecule has 2 atom stereocenters. The highest BCUT2D eigenvalue weighted by atomic mass is 16.6. The SMILES string of the molecule is CC1CCCCC1NC(=O)CCNC(=O)c1ccc([N+](=O)[O-])cc1. The normalized spacial score (nSPS) is 20.2. The molecule has 2 amide bonds. The molecular weight excluding hydrogens is 310 g/mol. The molecule has 130 valence electrons. The molecule has 0 aromatic heterocycles. The Hall–Kier alpha value is -2.44. The van der Waals surface area contributed by atoms with E-state index in [0.717, 1.165) is 19.3 Å². The number of benzene rings is 1.